The molecule has 1 aromatic carbocycles. The van der Waals surface area contributed by atoms with E-state index in [9.17, 15) is 0 Å². The standard InChI is InChI=1S/C24H35N5O.HI/c1-5-19(3)30-22-14-18(2)8-9-21(22)17-28-24(25-4)27-16-20-10-11-26-23(15-20)29-12-6-7-13-29;/h8-11,14-15,19H,5-7,12-13,16-17H2,1-4H3,(H2,25,27,28);1H. The number of nitrogens with zero attached hydrogens (tertiary/aromatic N) is 3. The molecule has 2 aromatic rings. The zero-order valence-corrected chi connectivity index (χ0v) is 21.5. The van der Waals surface area contributed by atoms with Crippen LogP contribution in [-0.2, 0) is 13.1 Å². The van der Waals surface area contributed by atoms with Crippen molar-refractivity contribution >= 4 is 35.8 Å². The van der Waals surface area contributed by atoms with Gasteiger partial charge in [0.1, 0.15) is 11.6 Å². The van der Waals surface area contributed by atoms with Gasteiger partial charge in [-0.05, 0) is 62.4 Å². The number of aryl methyl sites for hydroxylation is 1. The lowest BCUT2D eigenvalue weighted by Crippen LogP contribution is -2.36. The van der Waals surface area contributed by atoms with Crippen LogP contribution in [0.1, 0.15) is 49.8 Å². The number of anilines is 1. The molecule has 1 aliphatic heterocycles. The molecule has 3 rings (SSSR count). The fourth-order valence-corrected chi connectivity index (χ4v) is 3.49. The first-order chi connectivity index (χ1) is 14.6. The normalized spacial score (nSPS) is 14.7. The number of hydrogen-bond acceptors (Lipinski definition) is 4. The maximum absolute atomic E-state index is 6.12. The highest BCUT2D eigenvalue weighted by Gasteiger charge is 2.14. The van der Waals surface area contributed by atoms with Crippen LogP contribution in [0.5, 0.6) is 5.75 Å². The van der Waals surface area contributed by atoms with E-state index in [0.29, 0.717) is 13.1 Å². The van der Waals surface area contributed by atoms with Crippen LogP contribution in [0, 0.1) is 6.92 Å². The minimum Gasteiger partial charge on any atom is -0.490 e. The van der Waals surface area contributed by atoms with Crippen LogP contribution < -0.4 is 20.3 Å². The lowest BCUT2D eigenvalue weighted by atomic mass is 10.1. The third kappa shape index (κ3) is 7.55. The van der Waals surface area contributed by atoms with E-state index in [0.717, 1.165) is 42.6 Å². The second-order valence-corrected chi connectivity index (χ2v) is 7.94. The number of aliphatic imine (C=N–C) groups is 1. The van der Waals surface area contributed by atoms with Gasteiger partial charge in [0.05, 0.1) is 6.10 Å². The van der Waals surface area contributed by atoms with Gasteiger partial charge in [0.2, 0.25) is 0 Å². The topological polar surface area (TPSA) is 61.8 Å². The van der Waals surface area contributed by atoms with Gasteiger partial charge in [-0.2, -0.15) is 0 Å². The minimum atomic E-state index is 0. The Morgan fingerprint density at radius 2 is 1.90 bits per heavy atom. The Kier molecular flexibility index (Phi) is 10.4. The van der Waals surface area contributed by atoms with Gasteiger partial charge in [-0.15, -0.1) is 24.0 Å². The molecule has 7 heteroatoms. The van der Waals surface area contributed by atoms with E-state index in [1.54, 1.807) is 7.05 Å². The smallest absolute Gasteiger partial charge is 0.191 e. The summed E-state index contributed by atoms with van der Waals surface area (Å²) in [6.07, 6.45) is 5.57. The number of nitrogens with one attached hydrogen (secondary N) is 2. The van der Waals surface area contributed by atoms with E-state index in [1.165, 1.54) is 24.0 Å². The van der Waals surface area contributed by atoms with E-state index < -0.39 is 0 Å². The molecule has 170 valence electrons. The Bertz CT molecular complexity index is 852. The summed E-state index contributed by atoms with van der Waals surface area (Å²) < 4.78 is 6.12. The Morgan fingerprint density at radius 1 is 1.16 bits per heavy atom. The van der Waals surface area contributed by atoms with Gasteiger partial charge >= 0.3 is 0 Å². The molecule has 0 amide bonds. The number of ether oxygens (including phenoxy) is 1. The number of guanidine groups is 1. The highest BCUT2D eigenvalue weighted by molar-refractivity contribution is 14.0. The van der Waals surface area contributed by atoms with Crippen molar-refractivity contribution in [1.82, 2.24) is 15.6 Å². The zero-order valence-electron chi connectivity index (χ0n) is 19.1. The molecule has 2 N–H and O–H groups in total. The number of benzene rings is 1. The van der Waals surface area contributed by atoms with E-state index in [4.69, 9.17) is 4.74 Å². The SMILES string of the molecule is CCC(C)Oc1cc(C)ccc1CNC(=NC)NCc1ccnc(N2CCCC2)c1.I. The summed E-state index contributed by atoms with van der Waals surface area (Å²) in [7, 11) is 1.79. The monoisotopic (exact) mass is 537 g/mol. The fraction of sp³-hybridized carbons (Fsp3) is 0.500. The van der Waals surface area contributed by atoms with Gasteiger partial charge in [-0.25, -0.2) is 4.98 Å². The average molecular weight is 537 g/mol. The molecule has 31 heavy (non-hydrogen) atoms. The van der Waals surface area contributed by atoms with Crippen LogP contribution in [0.2, 0.25) is 0 Å². The number of pyridine rings is 1. The second kappa shape index (κ2) is 12.7. The van der Waals surface area contributed by atoms with Crippen molar-refractivity contribution in [1.29, 1.82) is 0 Å². The van der Waals surface area contributed by atoms with Crippen molar-refractivity contribution in [2.24, 2.45) is 4.99 Å². The van der Waals surface area contributed by atoms with Crippen LogP contribution in [0.3, 0.4) is 0 Å². The van der Waals surface area contributed by atoms with Gasteiger partial charge in [0.15, 0.2) is 5.96 Å². The zero-order chi connectivity index (χ0) is 21.3. The van der Waals surface area contributed by atoms with Crippen molar-refractivity contribution in [2.45, 2.75) is 59.2 Å². The molecule has 0 spiro atoms. The molecule has 6 nitrogen and oxygen atoms in total. The summed E-state index contributed by atoms with van der Waals surface area (Å²) in [5, 5.41) is 6.82. The molecule has 1 fully saturated rings. The molecule has 1 aromatic heterocycles. The Balaban J connectivity index is 0.00000341. The average Bonchev–Trinajstić information content (AvgIpc) is 3.30. The molecule has 1 unspecified atom stereocenters. The number of hydrogen-bond donors (Lipinski definition) is 2. The summed E-state index contributed by atoms with van der Waals surface area (Å²) in [6.45, 7) is 9.89. The lowest BCUT2D eigenvalue weighted by molar-refractivity contribution is 0.215. The first kappa shape index (κ1) is 25.2. The Hall–Kier alpha value is -2.03. The highest BCUT2D eigenvalue weighted by atomic mass is 127. The molecule has 0 bridgehead atoms. The van der Waals surface area contributed by atoms with Crippen LogP contribution in [0.15, 0.2) is 41.5 Å². The molecule has 0 aliphatic carbocycles. The summed E-state index contributed by atoms with van der Waals surface area (Å²) in [6, 6.07) is 10.6. The number of aromatic nitrogens is 1. The first-order valence-corrected chi connectivity index (χ1v) is 11.0. The van der Waals surface area contributed by atoms with Crippen molar-refractivity contribution in [3.63, 3.8) is 0 Å². The summed E-state index contributed by atoms with van der Waals surface area (Å²) in [4.78, 5) is 11.3. The highest BCUT2D eigenvalue weighted by Crippen LogP contribution is 2.22. The van der Waals surface area contributed by atoms with Gasteiger partial charge in [-0.3, -0.25) is 4.99 Å². The second-order valence-electron chi connectivity index (χ2n) is 7.94. The van der Waals surface area contributed by atoms with Crippen molar-refractivity contribution in [3.05, 3.63) is 53.2 Å². The van der Waals surface area contributed by atoms with Crippen LogP contribution in [-0.4, -0.2) is 37.2 Å². The van der Waals surface area contributed by atoms with Gasteiger partial charge in [-0.1, -0.05) is 19.1 Å². The van der Waals surface area contributed by atoms with Gasteiger partial charge in [0, 0.05) is 45.0 Å². The molecule has 2 heterocycles. The minimum absolute atomic E-state index is 0. The number of halogens is 1. The van der Waals surface area contributed by atoms with Crippen LogP contribution >= 0.6 is 24.0 Å². The van der Waals surface area contributed by atoms with Crippen molar-refractivity contribution < 1.29 is 4.74 Å². The molecular weight excluding hydrogens is 501 g/mol. The summed E-state index contributed by atoms with van der Waals surface area (Å²) >= 11 is 0. The maximum Gasteiger partial charge on any atom is 0.191 e. The Labute approximate surface area is 203 Å². The predicted octanol–water partition coefficient (Wildman–Crippen LogP) is 4.65. The predicted molar refractivity (Wildman–Crippen MR) is 140 cm³/mol. The quantitative estimate of drug-likeness (QED) is 0.292. The van der Waals surface area contributed by atoms with Crippen molar-refractivity contribution in [2.75, 3.05) is 25.0 Å². The molecule has 0 saturated carbocycles. The van der Waals surface area contributed by atoms with E-state index in [2.05, 4.69) is 76.6 Å². The summed E-state index contributed by atoms with van der Waals surface area (Å²) in [5.74, 6) is 2.78. The first-order valence-electron chi connectivity index (χ1n) is 11.0. The van der Waals surface area contributed by atoms with E-state index >= 15 is 0 Å². The molecule has 1 saturated heterocycles. The maximum atomic E-state index is 6.12. The van der Waals surface area contributed by atoms with Crippen LogP contribution in [0.4, 0.5) is 5.82 Å². The summed E-state index contributed by atoms with van der Waals surface area (Å²) in [5.41, 5.74) is 3.53. The molecule has 0 radical (unpaired) electrons. The largest absolute Gasteiger partial charge is 0.490 e. The molecule has 1 atom stereocenters. The van der Waals surface area contributed by atoms with Gasteiger partial charge in [0.25, 0.3) is 0 Å². The Morgan fingerprint density at radius 3 is 2.61 bits per heavy atom. The van der Waals surface area contributed by atoms with E-state index in [-0.39, 0.29) is 30.1 Å². The van der Waals surface area contributed by atoms with E-state index in [1.807, 2.05) is 6.20 Å². The van der Waals surface area contributed by atoms with Crippen LogP contribution in [0.25, 0.3) is 0 Å². The van der Waals surface area contributed by atoms with Crippen molar-refractivity contribution in [3.8, 4) is 5.75 Å². The fourth-order valence-electron chi connectivity index (χ4n) is 3.49. The third-order valence-corrected chi connectivity index (χ3v) is 5.50. The molecule has 1 aliphatic rings. The number of rotatable bonds is 8. The van der Waals surface area contributed by atoms with Gasteiger partial charge < -0.3 is 20.3 Å². The lowest BCUT2D eigenvalue weighted by Gasteiger charge is -2.19. The third-order valence-electron chi connectivity index (χ3n) is 5.50. The molecular formula is C24H36IN5O.